The smallest absolute Gasteiger partial charge is 0.345 e. The van der Waals surface area contributed by atoms with Crippen molar-refractivity contribution in [3.05, 3.63) is 77.3 Å². The van der Waals surface area contributed by atoms with Crippen LogP contribution in [0.25, 0.3) is 10.8 Å². The van der Waals surface area contributed by atoms with E-state index in [2.05, 4.69) is 0 Å². The molecule has 1 N–H and O–H groups in total. The maximum absolute atomic E-state index is 11.6. The van der Waals surface area contributed by atoms with Gasteiger partial charge in [-0.15, -0.1) is 0 Å². The van der Waals surface area contributed by atoms with Gasteiger partial charge in [0.25, 0.3) is 0 Å². The molecule has 3 aromatic rings. The highest BCUT2D eigenvalue weighted by Crippen LogP contribution is 2.27. The number of ether oxygens (including phenoxy) is 1. The summed E-state index contributed by atoms with van der Waals surface area (Å²) in [4.78, 5) is 11.6. The summed E-state index contributed by atoms with van der Waals surface area (Å²) in [6.45, 7) is 0. The molecule has 0 saturated carbocycles. The van der Waals surface area contributed by atoms with Gasteiger partial charge in [-0.25, -0.2) is 4.79 Å². The molecule has 0 spiro atoms. The molecule has 0 aliphatic rings. The van der Waals surface area contributed by atoms with Gasteiger partial charge in [0.1, 0.15) is 5.75 Å². The lowest BCUT2D eigenvalue weighted by Crippen LogP contribution is -2.29. The zero-order valence-corrected chi connectivity index (χ0v) is 13.0. The van der Waals surface area contributed by atoms with Crippen LogP contribution in [-0.2, 0) is 11.2 Å². The normalized spacial score (nSPS) is 12.0. The molecular formula is C19H15ClO3. The highest BCUT2D eigenvalue weighted by atomic mass is 35.5. The molecule has 0 aromatic heterocycles. The van der Waals surface area contributed by atoms with Crippen LogP contribution in [0.4, 0.5) is 0 Å². The first-order valence-electron chi connectivity index (χ1n) is 7.26. The van der Waals surface area contributed by atoms with Crippen LogP contribution in [0.3, 0.4) is 0 Å². The van der Waals surface area contributed by atoms with Crippen molar-refractivity contribution in [1.82, 2.24) is 0 Å². The molecule has 0 bridgehead atoms. The molecule has 1 atom stereocenters. The van der Waals surface area contributed by atoms with Crippen molar-refractivity contribution in [3.63, 3.8) is 0 Å². The maximum atomic E-state index is 11.6. The summed E-state index contributed by atoms with van der Waals surface area (Å²) < 4.78 is 5.79. The molecule has 3 rings (SSSR count). The summed E-state index contributed by atoms with van der Waals surface area (Å²) in [6.07, 6.45) is -0.793. The Morgan fingerprint density at radius 3 is 2.48 bits per heavy atom. The zero-order chi connectivity index (χ0) is 16.2. The van der Waals surface area contributed by atoms with Crippen molar-refractivity contribution in [2.45, 2.75) is 12.5 Å². The Balaban J connectivity index is 1.90. The van der Waals surface area contributed by atoms with Crippen LogP contribution in [0.15, 0.2) is 66.7 Å². The van der Waals surface area contributed by atoms with Gasteiger partial charge < -0.3 is 9.84 Å². The van der Waals surface area contributed by atoms with Crippen molar-refractivity contribution in [2.24, 2.45) is 0 Å². The minimum absolute atomic E-state index is 0.207. The third kappa shape index (κ3) is 3.46. The predicted molar refractivity (Wildman–Crippen MR) is 91.2 cm³/mol. The number of carboxylic acid groups (broad SMARTS) is 1. The highest BCUT2D eigenvalue weighted by molar-refractivity contribution is 6.31. The van der Waals surface area contributed by atoms with E-state index in [-0.39, 0.29) is 6.42 Å². The van der Waals surface area contributed by atoms with Gasteiger partial charge in [0.2, 0.25) is 0 Å². The van der Waals surface area contributed by atoms with Crippen LogP contribution in [0.2, 0.25) is 5.02 Å². The topological polar surface area (TPSA) is 46.5 Å². The Morgan fingerprint density at radius 1 is 1.00 bits per heavy atom. The van der Waals surface area contributed by atoms with Gasteiger partial charge in [-0.1, -0.05) is 66.2 Å². The molecule has 0 aliphatic carbocycles. The third-order valence-corrected chi connectivity index (χ3v) is 4.03. The van der Waals surface area contributed by atoms with Crippen LogP contribution < -0.4 is 4.74 Å². The number of benzene rings is 3. The van der Waals surface area contributed by atoms with Gasteiger partial charge in [0, 0.05) is 16.8 Å². The lowest BCUT2D eigenvalue weighted by atomic mass is 10.1. The molecule has 4 heteroatoms. The standard InChI is InChI=1S/C19H15ClO3/c20-16-10-4-2-7-14(16)12-18(19(21)22)23-17-11-5-8-13-6-1-3-9-15(13)17/h1-11,18H,12H2,(H,21,22). The maximum Gasteiger partial charge on any atom is 0.345 e. The van der Waals surface area contributed by atoms with E-state index in [1.807, 2.05) is 54.6 Å². The first-order chi connectivity index (χ1) is 11.1. The monoisotopic (exact) mass is 326 g/mol. The first-order valence-corrected chi connectivity index (χ1v) is 7.63. The largest absolute Gasteiger partial charge is 0.478 e. The van der Waals surface area contributed by atoms with Gasteiger partial charge in [-0.2, -0.15) is 0 Å². The number of carboxylic acids is 1. The second kappa shape index (κ2) is 6.71. The first kappa shape index (κ1) is 15.4. The Labute approximate surface area is 139 Å². The number of carbonyl (C=O) groups is 1. The fraction of sp³-hybridized carbons (Fsp3) is 0.105. The van der Waals surface area contributed by atoms with E-state index in [4.69, 9.17) is 16.3 Å². The van der Waals surface area contributed by atoms with E-state index < -0.39 is 12.1 Å². The summed E-state index contributed by atoms with van der Waals surface area (Å²) in [7, 11) is 0. The third-order valence-electron chi connectivity index (χ3n) is 3.66. The van der Waals surface area contributed by atoms with Crippen molar-refractivity contribution >= 4 is 28.3 Å². The minimum Gasteiger partial charge on any atom is -0.478 e. The SMILES string of the molecule is O=C(O)C(Cc1ccccc1Cl)Oc1cccc2ccccc12. The van der Waals surface area contributed by atoms with E-state index in [0.29, 0.717) is 10.8 Å². The molecule has 23 heavy (non-hydrogen) atoms. The van der Waals surface area contributed by atoms with Crippen molar-refractivity contribution in [3.8, 4) is 5.75 Å². The minimum atomic E-state index is -1.02. The Bertz CT molecular complexity index is 839. The van der Waals surface area contributed by atoms with Gasteiger partial charge in [0.05, 0.1) is 0 Å². The quantitative estimate of drug-likeness (QED) is 0.747. The number of rotatable bonds is 5. The van der Waals surface area contributed by atoms with Crippen LogP contribution >= 0.6 is 11.6 Å². The van der Waals surface area contributed by atoms with Gasteiger partial charge in [-0.05, 0) is 23.1 Å². The van der Waals surface area contributed by atoms with Crippen LogP contribution in [0.5, 0.6) is 5.75 Å². The Kier molecular flexibility index (Phi) is 4.49. The summed E-state index contributed by atoms with van der Waals surface area (Å²) in [5, 5.41) is 11.9. The van der Waals surface area contributed by atoms with E-state index in [1.54, 1.807) is 12.1 Å². The van der Waals surface area contributed by atoms with Crippen molar-refractivity contribution in [2.75, 3.05) is 0 Å². The predicted octanol–water partition coefficient (Wildman–Crippen LogP) is 4.57. The Hall–Kier alpha value is -2.52. The number of halogens is 1. The van der Waals surface area contributed by atoms with Crippen LogP contribution in [0, 0.1) is 0 Å². The van der Waals surface area contributed by atoms with E-state index >= 15 is 0 Å². The zero-order valence-electron chi connectivity index (χ0n) is 12.3. The number of hydrogen-bond donors (Lipinski definition) is 1. The van der Waals surface area contributed by atoms with E-state index in [0.717, 1.165) is 16.3 Å². The second-order valence-corrected chi connectivity index (χ2v) is 5.62. The number of hydrogen-bond acceptors (Lipinski definition) is 2. The summed E-state index contributed by atoms with van der Waals surface area (Å²) >= 11 is 6.12. The average molecular weight is 327 g/mol. The lowest BCUT2D eigenvalue weighted by Gasteiger charge is -2.17. The van der Waals surface area contributed by atoms with Crippen molar-refractivity contribution < 1.29 is 14.6 Å². The molecule has 0 heterocycles. The molecule has 3 aromatic carbocycles. The lowest BCUT2D eigenvalue weighted by molar-refractivity contribution is -0.144. The number of fused-ring (bicyclic) bond motifs is 1. The molecule has 0 fully saturated rings. The van der Waals surface area contributed by atoms with E-state index in [1.165, 1.54) is 0 Å². The van der Waals surface area contributed by atoms with Gasteiger partial charge >= 0.3 is 5.97 Å². The van der Waals surface area contributed by atoms with E-state index in [9.17, 15) is 9.90 Å². The summed E-state index contributed by atoms with van der Waals surface area (Å²) in [6, 6.07) is 20.5. The van der Waals surface area contributed by atoms with Crippen LogP contribution in [-0.4, -0.2) is 17.2 Å². The molecule has 1 unspecified atom stereocenters. The molecule has 116 valence electrons. The molecule has 0 radical (unpaired) electrons. The highest BCUT2D eigenvalue weighted by Gasteiger charge is 2.22. The summed E-state index contributed by atoms with van der Waals surface area (Å²) in [5.41, 5.74) is 0.752. The molecule has 0 saturated heterocycles. The number of aliphatic carboxylic acids is 1. The molecule has 0 amide bonds. The molecule has 3 nitrogen and oxygen atoms in total. The van der Waals surface area contributed by atoms with Gasteiger partial charge in [-0.3, -0.25) is 0 Å². The second-order valence-electron chi connectivity index (χ2n) is 5.22. The fourth-order valence-corrected chi connectivity index (χ4v) is 2.71. The molecular weight excluding hydrogens is 312 g/mol. The van der Waals surface area contributed by atoms with Crippen LogP contribution in [0.1, 0.15) is 5.56 Å². The molecule has 0 aliphatic heterocycles. The van der Waals surface area contributed by atoms with Gasteiger partial charge in [0.15, 0.2) is 6.10 Å². The fourth-order valence-electron chi connectivity index (χ4n) is 2.49. The van der Waals surface area contributed by atoms with Crippen molar-refractivity contribution in [1.29, 1.82) is 0 Å². The average Bonchev–Trinajstić information content (AvgIpc) is 2.56. The Morgan fingerprint density at radius 2 is 1.70 bits per heavy atom. The summed E-state index contributed by atoms with van der Waals surface area (Å²) in [5.74, 6) is -0.458.